The number of carbonyl (C=O) groups excluding carboxylic acids is 2. The average molecular weight is 440 g/mol. The summed E-state index contributed by atoms with van der Waals surface area (Å²) < 4.78 is 7.20. The first-order valence-electron chi connectivity index (χ1n) is 11.1. The maximum Gasteiger partial charge on any atom is 0.326 e. The van der Waals surface area contributed by atoms with Crippen molar-refractivity contribution in [3.8, 4) is 0 Å². The molecule has 1 unspecified atom stereocenters. The highest BCUT2D eigenvalue weighted by molar-refractivity contribution is 5.97. The van der Waals surface area contributed by atoms with Crippen LogP contribution in [0, 0.1) is 0 Å². The zero-order valence-corrected chi connectivity index (χ0v) is 18.4. The van der Waals surface area contributed by atoms with Gasteiger partial charge in [0.05, 0.1) is 11.0 Å². The van der Waals surface area contributed by atoms with Gasteiger partial charge in [0.25, 0.3) is 5.91 Å². The lowest BCUT2D eigenvalue weighted by atomic mass is 9.96. The number of hydrogen-bond donors (Lipinski definition) is 0. The Balaban J connectivity index is 1.39. The molecule has 6 nitrogen and oxygen atoms in total. The Kier molecular flexibility index (Phi) is 5.42. The topological polar surface area (TPSA) is 68.6 Å². The number of rotatable bonds is 4. The predicted molar refractivity (Wildman–Crippen MR) is 128 cm³/mol. The summed E-state index contributed by atoms with van der Waals surface area (Å²) in [5.74, 6) is -0.766. The third-order valence-electron chi connectivity index (χ3n) is 6.31. The van der Waals surface area contributed by atoms with E-state index in [0.717, 1.165) is 24.1 Å². The molecule has 6 heteroatoms. The number of pyridine rings is 1. The molecule has 166 valence electrons. The van der Waals surface area contributed by atoms with Gasteiger partial charge in [-0.1, -0.05) is 42.5 Å². The maximum atomic E-state index is 13.0. The summed E-state index contributed by atoms with van der Waals surface area (Å²) in [7, 11) is 0. The number of carbonyl (C=O) groups is 2. The number of esters is 1. The molecule has 0 radical (unpaired) electrons. The quantitative estimate of drug-likeness (QED) is 0.354. The number of ether oxygens (including phenoxy) is 1. The minimum Gasteiger partial charge on any atom is -0.454 e. The van der Waals surface area contributed by atoms with Crippen LogP contribution in [0.25, 0.3) is 21.8 Å². The second kappa shape index (κ2) is 8.54. The highest BCUT2D eigenvalue weighted by Gasteiger charge is 2.28. The molecule has 33 heavy (non-hydrogen) atoms. The van der Waals surface area contributed by atoms with Crippen molar-refractivity contribution in [2.24, 2.45) is 0 Å². The Morgan fingerprint density at radius 2 is 1.52 bits per heavy atom. The first-order chi connectivity index (χ1) is 16.0. The average Bonchev–Trinajstić information content (AvgIpc) is 2.85. The lowest BCUT2D eigenvalue weighted by molar-refractivity contribution is -0.148. The van der Waals surface area contributed by atoms with Crippen molar-refractivity contribution < 1.29 is 14.3 Å². The number of benzene rings is 3. The van der Waals surface area contributed by atoms with Crippen LogP contribution in [0.3, 0.4) is 0 Å². The molecule has 1 aromatic heterocycles. The van der Waals surface area contributed by atoms with Gasteiger partial charge in [-0.2, -0.15) is 0 Å². The van der Waals surface area contributed by atoms with Gasteiger partial charge in [0, 0.05) is 22.5 Å². The maximum absolute atomic E-state index is 13.0. The number of hydrogen-bond acceptors (Lipinski definition) is 4. The Bertz CT molecular complexity index is 1380. The molecule has 4 aromatic rings. The van der Waals surface area contributed by atoms with Crippen LogP contribution < -0.4 is 10.3 Å². The standard InChI is InChI=1S/C27H24N2O4/c1-18-14-15-19-8-2-5-11-22(19)29(18)25(30)17-33-26(31)16-28-23-12-6-3-9-20(23)27(32)21-10-4-7-13-24(21)28/h2-13,18H,14-17H2,1H3. The molecule has 0 aliphatic carbocycles. The molecule has 0 fully saturated rings. The largest absolute Gasteiger partial charge is 0.454 e. The molecule has 0 saturated carbocycles. The van der Waals surface area contributed by atoms with Gasteiger partial charge in [0.15, 0.2) is 12.0 Å². The zero-order valence-electron chi connectivity index (χ0n) is 18.4. The minimum atomic E-state index is -0.528. The molecule has 1 aliphatic rings. The van der Waals surface area contributed by atoms with E-state index in [0.29, 0.717) is 21.8 Å². The fraction of sp³-hybridized carbons (Fsp3) is 0.222. The Hall–Kier alpha value is -3.93. The van der Waals surface area contributed by atoms with E-state index >= 15 is 0 Å². The van der Waals surface area contributed by atoms with Crippen LogP contribution in [-0.4, -0.2) is 29.1 Å². The summed E-state index contributed by atoms with van der Waals surface area (Å²) in [6.07, 6.45) is 1.79. The summed E-state index contributed by atoms with van der Waals surface area (Å²) in [5.41, 5.74) is 3.25. The van der Waals surface area contributed by atoms with Gasteiger partial charge in [0.2, 0.25) is 0 Å². The molecule has 1 amide bonds. The molecule has 1 aliphatic heterocycles. The van der Waals surface area contributed by atoms with Crippen molar-refractivity contribution in [3.63, 3.8) is 0 Å². The second-order valence-corrected chi connectivity index (χ2v) is 8.39. The molecule has 5 rings (SSSR count). The monoisotopic (exact) mass is 440 g/mol. The number of amides is 1. The van der Waals surface area contributed by atoms with Gasteiger partial charge >= 0.3 is 5.97 Å². The summed E-state index contributed by atoms with van der Waals surface area (Å²) >= 11 is 0. The van der Waals surface area contributed by atoms with E-state index in [1.165, 1.54) is 0 Å². The van der Waals surface area contributed by atoms with Crippen LogP contribution in [0.15, 0.2) is 77.6 Å². The van der Waals surface area contributed by atoms with E-state index in [-0.39, 0.29) is 30.5 Å². The van der Waals surface area contributed by atoms with Gasteiger partial charge in [0.1, 0.15) is 6.54 Å². The van der Waals surface area contributed by atoms with Crippen LogP contribution in [0.2, 0.25) is 0 Å². The highest BCUT2D eigenvalue weighted by Crippen LogP contribution is 2.30. The Morgan fingerprint density at radius 3 is 2.21 bits per heavy atom. The summed E-state index contributed by atoms with van der Waals surface area (Å²) in [4.78, 5) is 40.4. The lowest BCUT2D eigenvalue weighted by Gasteiger charge is -2.35. The van der Waals surface area contributed by atoms with Crippen molar-refractivity contribution in [3.05, 3.63) is 88.6 Å². The van der Waals surface area contributed by atoms with Crippen molar-refractivity contribution in [1.82, 2.24) is 4.57 Å². The van der Waals surface area contributed by atoms with Gasteiger partial charge in [-0.25, -0.2) is 0 Å². The number of nitrogens with zero attached hydrogens (tertiary/aromatic N) is 2. The van der Waals surface area contributed by atoms with Crippen molar-refractivity contribution in [2.45, 2.75) is 32.4 Å². The van der Waals surface area contributed by atoms with E-state index in [1.54, 1.807) is 33.7 Å². The molecule has 0 bridgehead atoms. The van der Waals surface area contributed by atoms with Gasteiger partial charge in [-0.05, 0) is 55.7 Å². The molecular weight excluding hydrogens is 416 g/mol. The number of aryl methyl sites for hydroxylation is 1. The van der Waals surface area contributed by atoms with Crippen molar-refractivity contribution in [2.75, 3.05) is 11.5 Å². The first kappa shape index (κ1) is 20.9. The summed E-state index contributed by atoms with van der Waals surface area (Å²) in [6, 6.07) is 22.3. The predicted octanol–water partition coefficient (Wildman–Crippen LogP) is 4.07. The van der Waals surface area contributed by atoms with Crippen LogP contribution in [-0.2, 0) is 27.3 Å². The van der Waals surface area contributed by atoms with Crippen LogP contribution >= 0.6 is 0 Å². The van der Waals surface area contributed by atoms with Gasteiger partial charge < -0.3 is 14.2 Å². The third-order valence-corrected chi connectivity index (χ3v) is 6.31. The SMILES string of the molecule is CC1CCc2ccccc2N1C(=O)COC(=O)Cn1c2ccccc2c(=O)c2ccccc21. The molecular formula is C27H24N2O4. The van der Waals surface area contributed by atoms with Crippen LogP contribution in [0.4, 0.5) is 5.69 Å². The smallest absolute Gasteiger partial charge is 0.326 e. The van der Waals surface area contributed by atoms with E-state index in [4.69, 9.17) is 4.74 Å². The highest BCUT2D eigenvalue weighted by atomic mass is 16.5. The molecule has 0 saturated heterocycles. The summed E-state index contributed by atoms with van der Waals surface area (Å²) in [6.45, 7) is 1.59. The number of aromatic nitrogens is 1. The van der Waals surface area contributed by atoms with Gasteiger partial charge in [-0.3, -0.25) is 14.4 Å². The second-order valence-electron chi connectivity index (χ2n) is 8.39. The number of fused-ring (bicyclic) bond motifs is 3. The van der Waals surface area contributed by atoms with Crippen molar-refractivity contribution in [1.29, 1.82) is 0 Å². The van der Waals surface area contributed by atoms with Gasteiger partial charge in [-0.15, -0.1) is 0 Å². The fourth-order valence-electron chi connectivity index (χ4n) is 4.70. The first-order valence-corrected chi connectivity index (χ1v) is 11.1. The zero-order chi connectivity index (χ0) is 22.9. The Morgan fingerprint density at radius 1 is 0.909 bits per heavy atom. The Labute approximate surface area is 191 Å². The normalized spacial score (nSPS) is 15.4. The molecule has 0 N–H and O–H groups in total. The number of anilines is 1. The molecule has 1 atom stereocenters. The van der Waals surface area contributed by atoms with Crippen LogP contribution in [0.5, 0.6) is 0 Å². The van der Waals surface area contributed by atoms with E-state index in [1.807, 2.05) is 55.5 Å². The van der Waals surface area contributed by atoms with E-state index in [9.17, 15) is 14.4 Å². The van der Waals surface area contributed by atoms with E-state index < -0.39 is 5.97 Å². The molecule has 3 aromatic carbocycles. The summed E-state index contributed by atoms with van der Waals surface area (Å²) in [5, 5.41) is 1.08. The third kappa shape index (κ3) is 3.78. The minimum absolute atomic E-state index is 0.0398. The van der Waals surface area contributed by atoms with E-state index in [2.05, 4.69) is 0 Å². The van der Waals surface area contributed by atoms with Crippen LogP contribution in [0.1, 0.15) is 18.9 Å². The fourth-order valence-corrected chi connectivity index (χ4v) is 4.70. The molecule has 0 spiro atoms. The lowest BCUT2D eigenvalue weighted by Crippen LogP contribution is -2.44. The van der Waals surface area contributed by atoms with Crippen molar-refractivity contribution >= 4 is 39.4 Å². The number of para-hydroxylation sites is 3. The molecule has 2 heterocycles.